The molecule has 10 rings (SSSR count). The van der Waals surface area contributed by atoms with Crippen molar-refractivity contribution in [3.05, 3.63) is 105 Å². The highest BCUT2D eigenvalue weighted by molar-refractivity contribution is 7.92. The van der Waals surface area contributed by atoms with E-state index < -0.39 is 31.7 Å². The number of ether oxygens (including phenoxy) is 4. The summed E-state index contributed by atoms with van der Waals surface area (Å²) in [7, 11) is -2.09. The number of aryl methyl sites for hydroxylation is 1. The van der Waals surface area contributed by atoms with Crippen molar-refractivity contribution in [1.29, 1.82) is 0 Å². The maximum absolute atomic E-state index is 14.8. The van der Waals surface area contributed by atoms with Gasteiger partial charge in [-0.3, -0.25) is 29.4 Å². The normalized spacial score (nSPS) is 20.4. The van der Waals surface area contributed by atoms with E-state index in [1.807, 2.05) is 61.5 Å². The van der Waals surface area contributed by atoms with E-state index in [9.17, 15) is 27.2 Å². The van der Waals surface area contributed by atoms with Gasteiger partial charge in [0.15, 0.2) is 21.4 Å². The van der Waals surface area contributed by atoms with Gasteiger partial charge in [-0.2, -0.15) is 5.10 Å². The lowest BCUT2D eigenvalue weighted by Crippen LogP contribution is -2.65. The number of amides is 2. The van der Waals surface area contributed by atoms with Crippen LogP contribution in [0.3, 0.4) is 0 Å². The number of halogens is 1. The van der Waals surface area contributed by atoms with Crippen molar-refractivity contribution >= 4 is 56.0 Å². The third-order valence-electron chi connectivity index (χ3n) is 17.4. The molecule has 8 heterocycles. The number of nitrogens with one attached hydrogen (secondary N) is 2. The molecule has 25 heteroatoms. The van der Waals surface area contributed by atoms with Gasteiger partial charge >= 0.3 is 6.09 Å². The largest absolute Gasteiger partial charge is 0.492 e. The van der Waals surface area contributed by atoms with Crippen LogP contribution in [0.2, 0.25) is 0 Å². The number of anilines is 4. The Balaban J connectivity index is 0.733. The molecular formula is C64H87FN14O9S. The third-order valence-corrected chi connectivity index (χ3v) is 19.9. The molecule has 480 valence electrons. The smallest absolute Gasteiger partial charge is 0.410 e. The van der Waals surface area contributed by atoms with Crippen molar-refractivity contribution in [2.45, 2.75) is 141 Å². The molecule has 2 N–H and O–H groups in total. The Kier molecular flexibility index (Phi) is 18.8. The van der Waals surface area contributed by atoms with Crippen LogP contribution in [0.15, 0.2) is 70.9 Å². The topological polar surface area (TPSA) is 239 Å². The summed E-state index contributed by atoms with van der Waals surface area (Å²) in [5, 5.41) is 11.1. The second-order valence-electron chi connectivity index (χ2n) is 26.9. The first-order valence-electron chi connectivity index (χ1n) is 30.8. The number of H-pyrrole nitrogens is 1. The molecule has 4 aliphatic rings. The Morgan fingerprint density at radius 3 is 2.28 bits per heavy atom. The molecule has 0 saturated carbocycles. The SMILES string of the molecule is Cc1[nH]nc(Nc2ncnc3cc(OCCCN4CCN(c5ncc(OC[C@H]6CN(C[C@H]7CN(C(=O)OC(C)(C)C)[C@H](C)CN7CC(=O)N7CC(C)(C)c8c7cc(Cc7ccc(F)cc7)c(=O)n8C)[C@H](C)CO6)cn5)CC4)c(S(=O)(=O)C(C)(C)C)cc23)c1C. The van der Waals surface area contributed by atoms with Crippen LogP contribution in [0.4, 0.5) is 32.5 Å². The number of nitrogens with zero attached hydrogens (tertiary/aromatic N) is 12. The van der Waals surface area contributed by atoms with Crippen LogP contribution in [-0.2, 0) is 43.0 Å². The molecule has 3 fully saturated rings. The molecule has 0 bridgehead atoms. The summed E-state index contributed by atoms with van der Waals surface area (Å²) in [6.45, 7) is 29.7. The Labute approximate surface area is 521 Å². The van der Waals surface area contributed by atoms with Gasteiger partial charge in [0.05, 0.1) is 53.8 Å². The fraction of sp³-hybridized carbons (Fsp3) is 0.562. The average Bonchev–Trinajstić information content (AvgIpc) is 1.97. The summed E-state index contributed by atoms with van der Waals surface area (Å²) in [6.07, 6.45) is 5.08. The van der Waals surface area contributed by atoms with Crippen molar-refractivity contribution in [1.82, 2.24) is 54.3 Å². The molecule has 0 aliphatic carbocycles. The minimum Gasteiger partial charge on any atom is -0.492 e. The molecule has 3 saturated heterocycles. The molecule has 4 atom stereocenters. The van der Waals surface area contributed by atoms with Gasteiger partial charge in [0.25, 0.3) is 5.56 Å². The summed E-state index contributed by atoms with van der Waals surface area (Å²) in [5.74, 6) is 1.95. The van der Waals surface area contributed by atoms with Crippen molar-refractivity contribution in [2.75, 3.05) is 107 Å². The van der Waals surface area contributed by atoms with Gasteiger partial charge in [0, 0.05) is 131 Å². The number of carbonyl (C=O) groups excluding carboxylic acids is 2. The van der Waals surface area contributed by atoms with Gasteiger partial charge in [-0.1, -0.05) is 26.0 Å². The van der Waals surface area contributed by atoms with Gasteiger partial charge in [-0.05, 0) is 105 Å². The average molecular weight is 1250 g/mol. The lowest BCUT2D eigenvalue weighted by molar-refractivity contribution is -0.122. The first-order valence-corrected chi connectivity index (χ1v) is 32.3. The molecule has 0 unspecified atom stereocenters. The number of carbonyl (C=O) groups is 2. The van der Waals surface area contributed by atoms with E-state index in [-0.39, 0.29) is 65.3 Å². The van der Waals surface area contributed by atoms with E-state index in [4.69, 9.17) is 28.9 Å². The zero-order chi connectivity index (χ0) is 63.9. The molecule has 2 amide bonds. The summed E-state index contributed by atoms with van der Waals surface area (Å²) in [5.41, 5.74) is 3.80. The molecule has 23 nitrogen and oxygen atoms in total. The molecule has 4 aliphatic heterocycles. The predicted molar refractivity (Wildman–Crippen MR) is 339 cm³/mol. The minimum atomic E-state index is -3.84. The van der Waals surface area contributed by atoms with Crippen molar-refractivity contribution in [2.24, 2.45) is 7.05 Å². The number of benzene rings is 2. The second-order valence-corrected chi connectivity index (χ2v) is 29.6. The zero-order valence-corrected chi connectivity index (χ0v) is 54.5. The number of pyridine rings is 1. The number of aromatic amines is 1. The van der Waals surface area contributed by atoms with E-state index in [2.05, 4.69) is 52.0 Å². The van der Waals surface area contributed by atoms with E-state index in [0.717, 1.165) is 42.1 Å². The summed E-state index contributed by atoms with van der Waals surface area (Å²) < 4.78 is 67.3. The van der Waals surface area contributed by atoms with Crippen LogP contribution in [0.5, 0.6) is 11.5 Å². The quantitative estimate of drug-likeness (QED) is 0.0809. The first kappa shape index (κ1) is 64.7. The maximum atomic E-state index is 14.8. The molecule has 2 aromatic carbocycles. The number of fused-ring (bicyclic) bond motifs is 2. The van der Waals surface area contributed by atoms with Gasteiger partial charge in [0.2, 0.25) is 11.9 Å². The summed E-state index contributed by atoms with van der Waals surface area (Å²) in [4.78, 5) is 73.4. The highest BCUT2D eigenvalue weighted by Crippen LogP contribution is 2.41. The van der Waals surface area contributed by atoms with Gasteiger partial charge in [-0.15, -0.1) is 0 Å². The molecule has 4 aromatic heterocycles. The number of hydrogen-bond acceptors (Lipinski definition) is 19. The molecule has 0 radical (unpaired) electrons. The van der Waals surface area contributed by atoms with Crippen molar-refractivity contribution < 1.29 is 41.3 Å². The van der Waals surface area contributed by atoms with Crippen molar-refractivity contribution in [3.63, 3.8) is 0 Å². The van der Waals surface area contributed by atoms with Crippen LogP contribution < -0.4 is 30.1 Å². The minimum absolute atomic E-state index is 0.0289. The van der Waals surface area contributed by atoms with E-state index in [0.29, 0.717) is 117 Å². The zero-order valence-electron chi connectivity index (χ0n) is 53.7. The Morgan fingerprint density at radius 1 is 0.888 bits per heavy atom. The van der Waals surface area contributed by atoms with Gasteiger partial charge < -0.3 is 43.5 Å². The van der Waals surface area contributed by atoms with Crippen LogP contribution in [0, 0.1) is 19.7 Å². The van der Waals surface area contributed by atoms with Gasteiger partial charge in [-0.25, -0.2) is 37.5 Å². The predicted octanol–water partition coefficient (Wildman–Crippen LogP) is 7.20. The Bertz CT molecular complexity index is 3710. The highest BCUT2D eigenvalue weighted by atomic mass is 32.2. The summed E-state index contributed by atoms with van der Waals surface area (Å²) >= 11 is 0. The van der Waals surface area contributed by atoms with E-state index in [1.54, 1.807) is 78.8 Å². The lowest BCUT2D eigenvalue weighted by atomic mass is 9.90. The number of sulfone groups is 1. The lowest BCUT2D eigenvalue weighted by Gasteiger charge is -2.48. The number of hydrogen-bond donors (Lipinski definition) is 2. The fourth-order valence-corrected chi connectivity index (χ4v) is 13.6. The number of morpholine rings is 1. The Hall–Kier alpha value is -7.32. The van der Waals surface area contributed by atoms with Gasteiger partial charge in [0.1, 0.15) is 46.9 Å². The van der Waals surface area contributed by atoms with E-state index in [1.165, 1.54) is 18.5 Å². The standard InChI is InChI=1S/C64H87FN14O9S/c1-40-31-77(35-55(80)79-38-64(11,12)56-52(79)26-45(59(81)73(56)13)25-44-15-17-46(65)18-16-44)47(33-78(40)61(82)88-62(5,6)7)32-76-34-49(86-36-41(76)2)37-87-48-29-66-60(67-30-48)75-22-20-74(21-23-75)19-14-24-85-53-28-51-50(27-54(53)89(83,84)63(8,9)10)58(69-39-68-51)70-57-42(3)43(4)71-72-57/h15-18,26-30,39-41,47,49H,14,19-25,31-38H2,1-13H3,(H2,68,69,70,71,72)/t40-,41-,47+,49-/m1/s1. The maximum Gasteiger partial charge on any atom is 0.410 e. The van der Waals surface area contributed by atoms with Crippen LogP contribution >= 0.6 is 0 Å². The second kappa shape index (κ2) is 25.9. The fourth-order valence-electron chi connectivity index (χ4n) is 12.2. The van der Waals surface area contributed by atoms with Crippen LogP contribution in [-0.4, -0.2) is 201 Å². The number of rotatable bonds is 18. The molecule has 6 aromatic rings. The Morgan fingerprint density at radius 2 is 1.61 bits per heavy atom. The van der Waals surface area contributed by atoms with E-state index >= 15 is 0 Å². The number of aromatic nitrogens is 7. The third kappa shape index (κ3) is 14.5. The highest BCUT2D eigenvalue weighted by Gasteiger charge is 2.44. The number of piperazine rings is 2. The first-order chi connectivity index (χ1) is 42.0. The molecular weight excluding hydrogens is 1160 g/mol. The summed E-state index contributed by atoms with van der Waals surface area (Å²) in [6, 6.07) is 10.8. The molecule has 0 spiro atoms. The van der Waals surface area contributed by atoms with Crippen LogP contribution in [0.1, 0.15) is 104 Å². The van der Waals surface area contributed by atoms with Crippen LogP contribution in [0.25, 0.3) is 10.9 Å². The van der Waals surface area contributed by atoms with Crippen molar-refractivity contribution in [3.8, 4) is 11.5 Å². The monoisotopic (exact) mass is 1250 g/mol. The molecule has 89 heavy (non-hydrogen) atoms.